The number of nitrogens with one attached hydrogen (secondary N) is 1. The van der Waals surface area contributed by atoms with E-state index in [9.17, 15) is 13.2 Å². The smallest absolute Gasteiger partial charge is 0.496 e. The number of piperidine rings is 1. The standard InChI is InChI=1S/C28H29F3N2O2/c1-34-24-13-12-23(35-28(29,30)31)16-22(24)17-32-26-21-14-15-33(18-21)27(26)25(19-8-4-2-5-9-19)20-10-6-3-7-11-20/h2-13,16,21,25-27,32H,14-15,17-18H2,1H3/t21-,26-,27-/m0/s1. The Morgan fingerprint density at radius 1 is 0.971 bits per heavy atom. The highest BCUT2D eigenvalue weighted by molar-refractivity contribution is 5.41. The summed E-state index contributed by atoms with van der Waals surface area (Å²) in [5.41, 5.74) is 3.17. The van der Waals surface area contributed by atoms with E-state index < -0.39 is 6.36 Å². The fourth-order valence-corrected chi connectivity index (χ4v) is 5.82. The average molecular weight is 483 g/mol. The third-order valence-corrected chi connectivity index (χ3v) is 7.23. The van der Waals surface area contributed by atoms with Crippen molar-refractivity contribution in [3.63, 3.8) is 0 Å². The van der Waals surface area contributed by atoms with Crippen LogP contribution in [0, 0.1) is 5.92 Å². The van der Waals surface area contributed by atoms with Crippen LogP contribution in [0.2, 0.25) is 0 Å². The molecule has 7 heteroatoms. The van der Waals surface area contributed by atoms with Crippen LogP contribution in [0.3, 0.4) is 0 Å². The second-order valence-corrected chi connectivity index (χ2v) is 9.26. The molecule has 3 aromatic carbocycles. The molecule has 0 spiro atoms. The van der Waals surface area contributed by atoms with E-state index in [1.807, 2.05) is 12.1 Å². The van der Waals surface area contributed by atoms with Crippen LogP contribution in [0.25, 0.3) is 0 Å². The molecule has 2 heterocycles. The number of nitrogens with zero attached hydrogens (tertiary/aromatic N) is 1. The predicted molar refractivity (Wildman–Crippen MR) is 128 cm³/mol. The zero-order chi connectivity index (χ0) is 24.4. The Morgan fingerprint density at radius 2 is 1.63 bits per heavy atom. The predicted octanol–water partition coefficient (Wildman–Crippen LogP) is 5.59. The zero-order valence-corrected chi connectivity index (χ0v) is 19.5. The first-order chi connectivity index (χ1) is 16.9. The molecule has 2 fully saturated rings. The van der Waals surface area contributed by atoms with Gasteiger partial charge < -0.3 is 14.8 Å². The maximum Gasteiger partial charge on any atom is 0.573 e. The number of ether oxygens (including phenoxy) is 2. The van der Waals surface area contributed by atoms with Gasteiger partial charge in [-0.05, 0) is 48.2 Å². The van der Waals surface area contributed by atoms with Gasteiger partial charge in [-0.1, -0.05) is 60.7 Å². The molecule has 0 aromatic heterocycles. The van der Waals surface area contributed by atoms with Gasteiger partial charge in [-0.15, -0.1) is 13.2 Å². The summed E-state index contributed by atoms with van der Waals surface area (Å²) >= 11 is 0. The van der Waals surface area contributed by atoms with Gasteiger partial charge in [-0.25, -0.2) is 0 Å². The molecule has 3 aromatic rings. The van der Waals surface area contributed by atoms with Gasteiger partial charge in [0.15, 0.2) is 0 Å². The van der Waals surface area contributed by atoms with E-state index in [1.165, 1.54) is 36.4 Å². The Hall–Kier alpha value is -3.03. The Labute approximate surface area is 203 Å². The third-order valence-electron chi connectivity index (χ3n) is 7.23. The minimum absolute atomic E-state index is 0.182. The molecule has 1 N–H and O–H groups in total. The number of rotatable bonds is 8. The van der Waals surface area contributed by atoms with Crippen LogP contribution in [0.4, 0.5) is 13.2 Å². The summed E-state index contributed by atoms with van der Waals surface area (Å²) in [5.74, 6) is 0.960. The largest absolute Gasteiger partial charge is 0.573 e. The minimum atomic E-state index is -4.74. The van der Waals surface area contributed by atoms with Crippen LogP contribution in [0.1, 0.15) is 29.0 Å². The highest BCUT2D eigenvalue weighted by Crippen LogP contribution is 2.43. The quantitative estimate of drug-likeness (QED) is 0.454. The van der Waals surface area contributed by atoms with Crippen molar-refractivity contribution in [3.8, 4) is 11.5 Å². The lowest BCUT2D eigenvalue weighted by molar-refractivity contribution is -0.274. The van der Waals surface area contributed by atoms with Crippen LogP contribution in [-0.4, -0.2) is 43.5 Å². The van der Waals surface area contributed by atoms with Crippen molar-refractivity contribution in [1.82, 2.24) is 10.2 Å². The van der Waals surface area contributed by atoms with Crippen molar-refractivity contribution < 1.29 is 22.6 Å². The van der Waals surface area contributed by atoms with Crippen LogP contribution in [-0.2, 0) is 6.54 Å². The molecule has 0 aliphatic carbocycles. The summed E-state index contributed by atoms with van der Waals surface area (Å²) in [6.45, 7) is 2.47. The molecular formula is C28H29F3N2O2. The molecule has 4 nitrogen and oxygen atoms in total. The first kappa shape index (κ1) is 23.7. The molecule has 0 radical (unpaired) electrons. The lowest BCUT2D eigenvalue weighted by Gasteiger charge is -2.39. The Morgan fingerprint density at radius 3 is 2.23 bits per heavy atom. The summed E-state index contributed by atoms with van der Waals surface area (Å²) in [4.78, 5) is 2.56. The first-order valence-electron chi connectivity index (χ1n) is 11.9. The van der Waals surface area contributed by atoms with Crippen LogP contribution in [0.5, 0.6) is 11.5 Å². The monoisotopic (exact) mass is 482 g/mol. The van der Waals surface area contributed by atoms with Gasteiger partial charge in [-0.2, -0.15) is 0 Å². The van der Waals surface area contributed by atoms with Crippen molar-refractivity contribution in [1.29, 1.82) is 0 Å². The Balaban J connectivity index is 1.43. The molecule has 184 valence electrons. The number of methoxy groups -OCH3 is 1. The summed E-state index contributed by atoms with van der Waals surface area (Å²) in [7, 11) is 1.52. The Kier molecular flexibility index (Phi) is 6.71. The molecule has 1 unspecified atom stereocenters. The number of fused-ring (bicyclic) bond motifs is 2. The van der Waals surface area contributed by atoms with Crippen LogP contribution < -0.4 is 14.8 Å². The van der Waals surface area contributed by atoms with Gasteiger partial charge in [0.2, 0.25) is 0 Å². The van der Waals surface area contributed by atoms with Crippen LogP contribution >= 0.6 is 0 Å². The van der Waals surface area contributed by atoms with E-state index in [-0.39, 0.29) is 23.8 Å². The second-order valence-electron chi connectivity index (χ2n) is 9.26. The molecule has 4 atom stereocenters. The molecule has 2 saturated heterocycles. The highest BCUT2D eigenvalue weighted by Gasteiger charge is 2.49. The SMILES string of the molecule is COc1ccc(OC(F)(F)F)cc1CN[C@H]1[C@H]2CCN(C2)[C@H]1C(c1ccccc1)c1ccccc1. The zero-order valence-electron chi connectivity index (χ0n) is 19.5. The van der Waals surface area contributed by atoms with Crippen molar-refractivity contribution in [2.24, 2.45) is 5.92 Å². The van der Waals surface area contributed by atoms with Crippen molar-refractivity contribution in [2.45, 2.75) is 37.3 Å². The molecule has 0 saturated carbocycles. The van der Waals surface area contributed by atoms with Gasteiger partial charge in [0, 0.05) is 36.7 Å². The van der Waals surface area contributed by atoms with Gasteiger partial charge in [-0.3, -0.25) is 4.90 Å². The topological polar surface area (TPSA) is 33.7 Å². The lowest BCUT2D eigenvalue weighted by atomic mass is 9.78. The van der Waals surface area contributed by atoms with Crippen molar-refractivity contribution in [3.05, 3.63) is 95.6 Å². The molecule has 2 aliphatic heterocycles. The number of hydrogen-bond acceptors (Lipinski definition) is 4. The van der Waals surface area contributed by atoms with Crippen LogP contribution in [0.15, 0.2) is 78.9 Å². The summed E-state index contributed by atoms with van der Waals surface area (Å²) in [5, 5.41) is 3.71. The molecule has 0 amide bonds. The van der Waals surface area contributed by atoms with E-state index in [4.69, 9.17) is 4.74 Å². The first-order valence-corrected chi connectivity index (χ1v) is 11.9. The molecule has 5 rings (SSSR count). The second kappa shape index (κ2) is 9.91. The van der Waals surface area contributed by atoms with E-state index in [2.05, 4.69) is 63.5 Å². The van der Waals surface area contributed by atoms with Crippen molar-refractivity contribution in [2.75, 3.05) is 20.2 Å². The fraction of sp³-hybridized carbons (Fsp3) is 0.357. The fourth-order valence-electron chi connectivity index (χ4n) is 5.82. The van der Waals surface area contributed by atoms with Gasteiger partial charge >= 0.3 is 6.36 Å². The Bertz CT molecular complexity index is 1080. The number of halogens is 3. The van der Waals surface area contributed by atoms with E-state index in [1.54, 1.807) is 0 Å². The third kappa shape index (κ3) is 5.16. The average Bonchev–Trinajstić information content (AvgIpc) is 3.46. The number of alkyl halides is 3. The van der Waals surface area contributed by atoms with Gasteiger partial charge in [0.25, 0.3) is 0 Å². The number of benzene rings is 3. The molecule has 2 bridgehead atoms. The summed E-state index contributed by atoms with van der Waals surface area (Å²) in [6, 6.07) is 25.7. The molecule has 2 aliphatic rings. The normalized spacial score (nSPS) is 23.6. The summed E-state index contributed by atoms with van der Waals surface area (Å²) in [6.07, 6.45) is -3.63. The maximum atomic E-state index is 12.8. The van der Waals surface area contributed by atoms with Gasteiger partial charge in [0.1, 0.15) is 11.5 Å². The highest BCUT2D eigenvalue weighted by atomic mass is 19.4. The minimum Gasteiger partial charge on any atom is -0.496 e. The maximum absolute atomic E-state index is 12.8. The summed E-state index contributed by atoms with van der Waals surface area (Å²) < 4.78 is 47.9. The molecule has 35 heavy (non-hydrogen) atoms. The lowest BCUT2D eigenvalue weighted by Crippen LogP contribution is -2.50. The molecular weight excluding hydrogens is 453 g/mol. The number of hydrogen-bond donors (Lipinski definition) is 1. The van der Waals surface area contributed by atoms with Crippen molar-refractivity contribution >= 4 is 0 Å². The van der Waals surface area contributed by atoms with Gasteiger partial charge in [0.05, 0.1) is 7.11 Å². The van der Waals surface area contributed by atoms with E-state index >= 15 is 0 Å². The van der Waals surface area contributed by atoms with E-state index in [0.29, 0.717) is 23.8 Å². The van der Waals surface area contributed by atoms with E-state index in [0.717, 1.165) is 19.5 Å².